The molecule has 8 nitrogen and oxygen atoms in total. The molecule has 5 rings (SSSR count). The molecule has 0 unspecified atom stereocenters. The molecule has 0 saturated heterocycles. The van der Waals surface area contributed by atoms with Crippen molar-refractivity contribution < 1.29 is 18.7 Å². The van der Waals surface area contributed by atoms with E-state index < -0.39 is 12.0 Å². The fourth-order valence-electron chi connectivity index (χ4n) is 4.55. The van der Waals surface area contributed by atoms with E-state index in [2.05, 4.69) is 15.9 Å². The van der Waals surface area contributed by atoms with E-state index >= 15 is 0 Å². The Morgan fingerprint density at radius 1 is 1.12 bits per heavy atom. The van der Waals surface area contributed by atoms with Gasteiger partial charge in [-0.05, 0) is 47.5 Å². The number of thiazole rings is 1. The zero-order valence-corrected chi connectivity index (χ0v) is 24.9. The minimum atomic E-state index is -0.760. The summed E-state index contributed by atoms with van der Waals surface area (Å²) in [7, 11) is 3.75. The number of halogens is 1. The standard InChI is InChI=1S/C30H28BrN3O5S/c1-5-37-20-14-12-19(13-15-20)26-24(29(36)38-6-2)25(18-10-8-7-9-11-18)32-30-34(26)27(35)23(40-30)17-21-16-22(31)28(39-21)33(3)4/h7-17,26H,5-6H2,1-4H3/b23-17+/t26-/m0/s1. The lowest BCUT2D eigenvalue weighted by atomic mass is 9.93. The topological polar surface area (TPSA) is 86.3 Å². The van der Waals surface area contributed by atoms with Crippen molar-refractivity contribution in [2.75, 3.05) is 32.2 Å². The van der Waals surface area contributed by atoms with Gasteiger partial charge in [0.25, 0.3) is 5.56 Å². The third-order valence-corrected chi connectivity index (χ3v) is 7.80. The minimum Gasteiger partial charge on any atom is -0.494 e. The van der Waals surface area contributed by atoms with Gasteiger partial charge >= 0.3 is 5.97 Å². The summed E-state index contributed by atoms with van der Waals surface area (Å²) >= 11 is 4.76. The highest BCUT2D eigenvalue weighted by Gasteiger charge is 2.35. The van der Waals surface area contributed by atoms with Gasteiger partial charge in [-0.2, -0.15) is 0 Å². The van der Waals surface area contributed by atoms with E-state index in [-0.39, 0.29) is 12.2 Å². The Labute approximate surface area is 243 Å². The summed E-state index contributed by atoms with van der Waals surface area (Å²) < 4.78 is 19.9. The molecular formula is C30H28BrN3O5S. The molecule has 0 N–H and O–H groups in total. The van der Waals surface area contributed by atoms with E-state index in [1.165, 1.54) is 11.3 Å². The highest BCUT2D eigenvalue weighted by molar-refractivity contribution is 9.10. The number of nitrogens with zero attached hydrogens (tertiary/aromatic N) is 3. The maximum Gasteiger partial charge on any atom is 0.338 e. The van der Waals surface area contributed by atoms with E-state index in [4.69, 9.17) is 18.9 Å². The number of hydrogen-bond donors (Lipinski definition) is 0. The van der Waals surface area contributed by atoms with E-state index in [1.807, 2.05) is 86.6 Å². The second kappa shape index (κ2) is 11.7. The average Bonchev–Trinajstić information content (AvgIpc) is 3.47. The van der Waals surface area contributed by atoms with Crippen LogP contribution in [0, 0.1) is 0 Å². The molecule has 3 heterocycles. The molecule has 0 spiro atoms. The van der Waals surface area contributed by atoms with Crippen LogP contribution in [0.5, 0.6) is 5.75 Å². The molecule has 0 fully saturated rings. The van der Waals surface area contributed by atoms with Crippen LogP contribution in [0.2, 0.25) is 0 Å². The Balaban J connectivity index is 1.78. The summed E-state index contributed by atoms with van der Waals surface area (Å²) in [5, 5.41) is 0. The van der Waals surface area contributed by atoms with Gasteiger partial charge in [0.1, 0.15) is 11.5 Å². The van der Waals surface area contributed by atoms with Gasteiger partial charge < -0.3 is 18.8 Å². The summed E-state index contributed by atoms with van der Waals surface area (Å²) in [6.45, 7) is 4.38. The maximum absolute atomic E-state index is 14.0. The molecule has 4 aromatic rings. The number of ether oxygens (including phenoxy) is 2. The van der Waals surface area contributed by atoms with Crippen molar-refractivity contribution in [2.24, 2.45) is 4.99 Å². The zero-order valence-electron chi connectivity index (χ0n) is 22.5. The van der Waals surface area contributed by atoms with Gasteiger partial charge in [0.15, 0.2) is 4.80 Å². The van der Waals surface area contributed by atoms with Gasteiger partial charge in [0.2, 0.25) is 5.88 Å². The number of aromatic nitrogens is 1. The van der Waals surface area contributed by atoms with Crippen LogP contribution < -0.4 is 24.5 Å². The number of carbonyl (C=O) groups excluding carboxylic acids is 1. The summed E-state index contributed by atoms with van der Waals surface area (Å²) in [6, 6.07) is 17.9. The van der Waals surface area contributed by atoms with Crippen molar-refractivity contribution in [3.05, 3.63) is 107 Å². The van der Waals surface area contributed by atoms with E-state index in [1.54, 1.807) is 17.6 Å². The first-order valence-corrected chi connectivity index (χ1v) is 14.4. The van der Waals surface area contributed by atoms with Gasteiger partial charge in [-0.15, -0.1) is 0 Å². The predicted molar refractivity (Wildman–Crippen MR) is 159 cm³/mol. The van der Waals surface area contributed by atoms with Crippen LogP contribution in [0.25, 0.3) is 11.8 Å². The number of anilines is 1. The van der Waals surface area contributed by atoms with Crippen molar-refractivity contribution >= 4 is 50.9 Å². The Morgan fingerprint density at radius 2 is 1.85 bits per heavy atom. The number of carbonyl (C=O) groups is 1. The van der Waals surface area contributed by atoms with Crippen LogP contribution in [0.1, 0.15) is 36.8 Å². The van der Waals surface area contributed by atoms with E-state index in [0.29, 0.717) is 44.6 Å². The molecule has 0 bridgehead atoms. The molecule has 0 saturated carbocycles. The van der Waals surface area contributed by atoms with Crippen LogP contribution in [0.15, 0.2) is 84.9 Å². The Bertz CT molecular complexity index is 1750. The number of fused-ring (bicyclic) bond motifs is 1. The van der Waals surface area contributed by atoms with Gasteiger partial charge in [-0.3, -0.25) is 9.36 Å². The highest BCUT2D eigenvalue weighted by atomic mass is 79.9. The second-order valence-electron chi connectivity index (χ2n) is 9.13. The molecule has 1 atom stereocenters. The molecule has 10 heteroatoms. The predicted octanol–water partition coefficient (Wildman–Crippen LogP) is 4.76. The molecule has 0 aliphatic carbocycles. The van der Waals surface area contributed by atoms with Gasteiger partial charge in [-0.25, -0.2) is 9.79 Å². The van der Waals surface area contributed by atoms with Crippen LogP contribution in [0.4, 0.5) is 5.88 Å². The molecule has 1 aliphatic heterocycles. The number of benzene rings is 2. The third kappa shape index (κ3) is 5.29. The molecule has 40 heavy (non-hydrogen) atoms. The average molecular weight is 623 g/mol. The van der Waals surface area contributed by atoms with Crippen molar-refractivity contribution in [3.63, 3.8) is 0 Å². The summed E-state index contributed by atoms with van der Waals surface area (Å²) in [6.07, 6.45) is 1.70. The minimum absolute atomic E-state index is 0.187. The molecule has 2 aromatic carbocycles. The van der Waals surface area contributed by atoms with Crippen molar-refractivity contribution in [1.29, 1.82) is 0 Å². The Kier molecular flexibility index (Phi) is 8.09. The van der Waals surface area contributed by atoms with Crippen molar-refractivity contribution in [2.45, 2.75) is 19.9 Å². The third-order valence-electron chi connectivity index (χ3n) is 6.25. The first-order chi connectivity index (χ1) is 19.3. The van der Waals surface area contributed by atoms with Gasteiger partial charge in [-0.1, -0.05) is 53.8 Å². The van der Waals surface area contributed by atoms with Crippen LogP contribution in [-0.4, -0.2) is 37.8 Å². The van der Waals surface area contributed by atoms with Crippen LogP contribution in [0.3, 0.4) is 0 Å². The summed E-state index contributed by atoms with van der Waals surface area (Å²) in [5.41, 5.74) is 1.98. The van der Waals surface area contributed by atoms with Crippen LogP contribution in [-0.2, 0) is 9.53 Å². The van der Waals surface area contributed by atoms with Crippen molar-refractivity contribution in [1.82, 2.24) is 4.57 Å². The molecule has 2 aromatic heterocycles. The van der Waals surface area contributed by atoms with Gasteiger partial charge in [0.05, 0.1) is 39.5 Å². The summed E-state index contributed by atoms with van der Waals surface area (Å²) in [5.74, 6) is 1.33. The largest absolute Gasteiger partial charge is 0.494 e. The lowest BCUT2D eigenvalue weighted by Gasteiger charge is -2.26. The SMILES string of the molecule is CCOC(=O)C1=C(c2ccccc2)N=c2s/c(=C/c3cc(Br)c(N(C)C)o3)c(=O)n2[C@H]1c1ccc(OCC)cc1. The van der Waals surface area contributed by atoms with Gasteiger partial charge in [0, 0.05) is 31.8 Å². The number of esters is 1. The molecular weight excluding hydrogens is 594 g/mol. The Hall–Kier alpha value is -3.89. The van der Waals surface area contributed by atoms with Crippen LogP contribution >= 0.6 is 27.3 Å². The van der Waals surface area contributed by atoms with E-state index in [9.17, 15) is 9.59 Å². The maximum atomic E-state index is 14.0. The quantitative estimate of drug-likeness (QED) is 0.264. The van der Waals surface area contributed by atoms with Crippen molar-refractivity contribution in [3.8, 4) is 5.75 Å². The molecule has 0 amide bonds. The first-order valence-electron chi connectivity index (χ1n) is 12.8. The normalized spacial score (nSPS) is 15.0. The zero-order chi connectivity index (χ0) is 28.4. The lowest BCUT2D eigenvalue weighted by Crippen LogP contribution is -2.40. The Morgan fingerprint density at radius 3 is 2.48 bits per heavy atom. The molecule has 206 valence electrons. The molecule has 0 radical (unpaired) electrons. The lowest BCUT2D eigenvalue weighted by molar-refractivity contribution is -0.138. The monoisotopic (exact) mass is 621 g/mol. The fraction of sp³-hybridized carbons (Fsp3) is 0.233. The smallest absolute Gasteiger partial charge is 0.338 e. The number of furan rings is 1. The van der Waals surface area contributed by atoms with E-state index in [0.717, 1.165) is 15.6 Å². The summed E-state index contributed by atoms with van der Waals surface area (Å²) in [4.78, 5) is 34.7. The number of hydrogen-bond acceptors (Lipinski definition) is 8. The fourth-order valence-corrected chi connectivity index (χ4v) is 6.19. The highest BCUT2D eigenvalue weighted by Crippen LogP contribution is 2.36. The first kappa shape index (κ1) is 27.7. The molecule has 1 aliphatic rings. The number of rotatable bonds is 8. The second-order valence-corrected chi connectivity index (χ2v) is 11.0.